The summed E-state index contributed by atoms with van der Waals surface area (Å²) in [6, 6.07) is 39.3. The van der Waals surface area contributed by atoms with E-state index in [4.69, 9.17) is 9.97 Å². The van der Waals surface area contributed by atoms with E-state index in [2.05, 4.69) is 159 Å². The Bertz CT molecular complexity index is 1880. The van der Waals surface area contributed by atoms with Gasteiger partial charge in [-0.1, -0.05) is 76.9 Å². The first-order chi connectivity index (χ1) is 21.4. The van der Waals surface area contributed by atoms with Crippen molar-refractivity contribution < 1.29 is 0 Å². The van der Waals surface area contributed by atoms with E-state index in [0.717, 1.165) is 69.4 Å². The lowest BCUT2D eigenvalue weighted by Crippen LogP contribution is -2.15. The van der Waals surface area contributed by atoms with Crippen molar-refractivity contribution in [2.24, 2.45) is 0 Å². The minimum atomic E-state index is 0.873. The summed E-state index contributed by atoms with van der Waals surface area (Å²) >= 11 is 0. The number of fused-ring (bicyclic) bond motifs is 2. The first kappa shape index (κ1) is 27.6. The number of allylic oxidation sites excluding steroid dienone is 1. The van der Waals surface area contributed by atoms with Crippen LogP contribution in [0.4, 0.5) is 34.1 Å². The van der Waals surface area contributed by atoms with Crippen molar-refractivity contribution in [2.75, 3.05) is 9.80 Å². The standard InChI is InChI=1S/C40H36N4/c1-27-9-17-31(18-10-27)43(32-19-11-28(2)12-20-32)37-25-26-38(40-39(37)41-35-7-5-6-8-36(35)42-40)44(33-21-13-29(3)14-22-33)34-23-15-30(4)16-24-34/h5,7,9-26H,6,8H2,1-4H3. The van der Waals surface area contributed by atoms with Gasteiger partial charge in [-0.25, -0.2) is 9.97 Å². The third-order valence-electron chi connectivity index (χ3n) is 8.36. The Hall–Kier alpha value is -5.22. The fourth-order valence-corrected chi connectivity index (χ4v) is 5.88. The van der Waals surface area contributed by atoms with Gasteiger partial charge in [0.25, 0.3) is 0 Å². The molecule has 0 radical (unpaired) electrons. The second kappa shape index (κ2) is 11.5. The molecule has 7 rings (SSSR count). The molecular weight excluding hydrogens is 536 g/mol. The molecule has 0 saturated heterocycles. The number of rotatable bonds is 6. The molecule has 1 aliphatic rings. The minimum Gasteiger partial charge on any atom is -0.308 e. The Labute approximate surface area is 260 Å². The minimum absolute atomic E-state index is 0.873. The van der Waals surface area contributed by atoms with Gasteiger partial charge >= 0.3 is 0 Å². The predicted molar refractivity (Wildman–Crippen MR) is 185 cm³/mol. The van der Waals surface area contributed by atoms with Crippen LogP contribution < -0.4 is 9.80 Å². The molecule has 0 saturated carbocycles. The highest BCUT2D eigenvalue weighted by molar-refractivity contribution is 6.03. The summed E-state index contributed by atoms with van der Waals surface area (Å²) in [5, 5.41) is 0. The lowest BCUT2D eigenvalue weighted by molar-refractivity contribution is 0.920. The molecule has 6 aromatic rings. The molecule has 5 aromatic carbocycles. The lowest BCUT2D eigenvalue weighted by atomic mass is 10.0. The summed E-state index contributed by atoms with van der Waals surface area (Å²) in [5.41, 5.74) is 15.0. The van der Waals surface area contributed by atoms with Crippen molar-refractivity contribution in [3.8, 4) is 0 Å². The van der Waals surface area contributed by atoms with Gasteiger partial charge in [-0.15, -0.1) is 0 Å². The first-order valence-electron chi connectivity index (χ1n) is 15.3. The molecule has 44 heavy (non-hydrogen) atoms. The monoisotopic (exact) mass is 572 g/mol. The second-order valence-electron chi connectivity index (χ2n) is 11.8. The van der Waals surface area contributed by atoms with Crippen LogP contribution in [-0.4, -0.2) is 9.97 Å². The summed E-state index contributed by atoms with van der Waals surface area (Å²) in [5.74, 6) is 0. The summed E-state index contributed by atoms with van der Waals surface area (Å²) < 4.78 is 0. The fraction of sp³-hybridized carbons (Fsp3) is 0.150. The van der Waals surface area contributed by atoms with Crippen LogP contribution in [0, 0.1) is 27.7 Å². The van der Waals surface area contributed by atoms with Crippen molar-refractivity contribution in [1.29, 1.82) is 0 Å². The van der Waals surface area contributed by atoms with Crippen molar-refractivity contribution in [3.05, 3.63) is 149 Å². The van der Waals surface area contributed by atoms with Gasteiger partial charge in [0.05, 0.1) is 22.8 Å². The normalized spacial score (nSPS) is 12.3. The van der Waals surface area contributed by atoms with Gasteiger partial charge in [0.2, 0.25) is 0 Å². The average Bonchev–Trinajstić information content (AvgIpc) is 3.04. The number of benzene rings is 5. The molecule has 0 fully saturated rings. The molecule has 0 bridgehead atoms. The maximum atomic E-state index is 5.40. The van der Waals surface area contributed by atoms with E-state index >= 15 is 0 Å². The van der Waals surface area contributed by atoms with E-state index in [1.807, 2.05) is 0 Å². The smallest absolute Gasteiger partial charge is 0.116 e. The molecule has 0 atom stereocenters. The van der Waals surface area contributed by atoms with Crippen LogP contribution in [0.1, 0.15) is 40.1 Å². The van der Waals surface area contributed by atoms with Crippen LogP contribution in [0.15, 0.2) is 115 Å². The second-order valence-corrected chi connectivity index (χ2v) is 11.8. The Morgan fingerprint density at radius 3 is 1.20 bits per heavy atom. The summed E-state index contributed by atoms with van der Waals surface area (Å²) in [6.07, 6.45) is 6.18. The van der Waals surface area contributed by atoms with Crippen molar-refractivity contribution in [3.63, 3.8) is 0 Å². The largest absolute Gasteiger partial charge is 0.308 e. The molecule has 1 aliphatic carbocycles. The molecule has 4 heteroatoms. The molecule has 1 aromatic heterocycles. The molecule has 0 N–H and O–H groups in total. The summed E-state index contributed by atoms with van der Waals surface area (Å²) in [7, 11) is 0. The molecule has 0 aliphatic heterocycles. The number of aryl methyl sites for hydroxylation is 5. The van der Waals surface area contributed by atoms with Gasteiger partial charge in [-0.05, 0) is 107 Å². The van der Waals surface area contributed by atoms with Gasteiger partial charge in [0, 0.05) is 22.7 Å². The zero-order valence-corrected chi connectivity index (χ0v) is 25.8. The summed E-state index contributed by atoms with van der Waals surface area (Å²) in [4.78, 5) is 15.4. The van der Waals surface area contributed by atoms with Gasteiger partial charge in [-0.3, -0.25) is 0 Å². The number of hydrogen-bond donors (Lipinski definition) is 0. The van der Waals surface area contributed by atoms with E-state index in [1.165, 1.54) is 22.3 Å². The highest BCUT2D eigenvalue weighted by atomic mass is 15.2. The Morgan fingerprint density at radius 2 is 0.818 bits per heavy atom. The molecule has 216 valence electrons. The van der Waals surface area contributed by atoms with Crippen molar-refractivity contribution in [2.45, 2.75) is 40.5 Å². The molecule has 0 spiro atoms. The number of hydrogen-bond acceptors (Lipinski definition) is 4. The lowest BCUT2D eigenvalue weighted by Gasteiger charge is -2.30. The molecular formula is C40H36N4. The predicted octanol–water partition coefficient (Wildman–Crippen LogP) is 10.8. The number of aromatic nitrogens is 2. The third-order valence-corrected chi connectivity index (χ3v) is 8.36. The van der Waals surface area contributed by atoms with E-state index < -0.39 is 0 Å². The topological polar surface area (TPSA) is 32.3 Å². The van der Waals surface area contributed by atoms with E-state index in [9.17, 15) is 0 Å². The van der Waals surface area contributed by atoms with Gasteiger partial charge in [0.15, 0.2) is 0 Å². The van der Waals surface area contributed by atoms with E-state index in [1.54, 1.807) is 0 Å². The average molecular weight is 573 g/mol. The maximum Gasteiger partial charge on any atom is 0.116 e. The molecule has 0 amide bonds. The molecule has 4 nitrogen and oxygen atoms in total. The van der Waals surface area contributed by atoms with E-state index in [-0.39, 0.29) is 0 Å². The Kier molecular flexibility index (Phi) is 7.19. The first-order valence-corrected chi connectivity index (χ1v) is 15.3. The Morgan fingerprint density at radius 1 is 0.455 bits per heavy atom. The van der Waals surface area contributed by atoms with E-state index in [0.29, 0.717) is 0 Å². The third kappa shape index (κ3) is 5.24. The zero-order chi connectivity index (χ0) is 30.2. The maximum absolute atomic E-state index is 5.40. The molecule has 1 heterocycles. The quantitative estimate of drug-likeness (QED) is 0.199. The highest BCUT2D eigenvalue weighted by Gasteiger charge is 2.24. The van der Waals surface area contributed by atoms with Gasteiger partial charge < -0.3 is 9.80 Å². The highest BCUT2D eigenvalue weighted by Crippen LogP contribution is 2.44. The number of anilines is 6. The van der Waals surface area contributed by atoms with Crippen LogP contribution in [-0.2, 0) is 6.42 Å². The van der Waals surface area contributed by atoms with Crippen molar-refractivity contribution >= 4 is 51.2 Å². The van der Waals surface area contributed by atoms with Crippen LogP contribution in [0.25, 0.3) is 17.1 Å². The van der Waals surface area contributed by atoms with Gasteiger partial charge in [-0.2, -0.15) is 0 Å². The molecule has 0 unspecified atom stereocenters. The SMILES string of the molecule is Cc1ccc(N(c2ccc(C)cc2)c2ccc(N(c3ccc(C)cc3)c3ccc(C)cc3)c3nc4c(nc23)C=CCC4)cc1. The van der Waals surface area contributed by atoms with Crippen LogP contribution in [0.2, 0.25) is 0 Å². The fourth-order valence-electron chi connectivity index (χ4n) is 5.88. The zero-order valence-electron chi connectivity index (χ0n) is 25.8. The summed E-state index contributed by atoms with van der Waals surface area (Å²) in [6.45, 7) is 8.50. The van der Waals surface area contributed by atoms with Gasteiger partial charge in [0.1, 0.15) is 11.0 Å². The van der Waals surface area contributed by atoms with Crippen LogP contribution >= 0.6 is 0 Å². The van der Waals surface area contributed by atoms with Crippen LogP contribution in [0.5, 0.6) is 0 Å². The van der Waals surface area contributed by atoms with Crippen molar-refractivity contribution in [1.82, 2.24) is 9.97 Å². The van der Waals surface area contributed by atoms with Crippen LogP contribution in [0.3, 0.4) is 0 Å². The Balaban J connectivity index is 1.52. The number of nitrogens with zero attached hydrogens (tertiary/aromatic N) is 4.